The molecule has 1 aliphatic heterocycles. The van der Waals surface area contributed by atoms with Crippen molar-refractivity contribution in [1.29, 1.82) is 0 Å². The number of ether oxygens (including phenoxy) is 2. The number of carbonyl (C=O) groups is 2. The molecule has 0 spiro atoms. The van der Waals surface area contributed by atoms with Gasteiger partial charge in [-0.05, 0) is 36.1 Å². The largest absolute Gasteiger partial charge is 0.506 e. The third-order valence-corrected chi connectivity index (χ3v) is 5.37. The van der Waals surface area contributed by atoms with Crippen molar-refractivity contribution in [2.24, 2.45) is 0 Å². The van der Waals surface area contributed by atoms with Crippen molar-refractivity contribution in [2.75, 3.05) is 20.8 Å². The van der Waals surface area contributed by atoms with Crippen LogP contribution in [0.5, 0.6) is 11.5 Å². The predicted octanol–water partition coefficient (Wildman–Crippen LogP) is 4.10. The van der Waals surface area contributed by atoms with Gasteiger partial charge in [-0.1, -0.05) is 44.2 Å². The van der Waals surface area contributed by atoms with Crippen molar-refractivity contribution in [3.05, 3.63) is 64.7 Å². The van der Waals surface area contributed by atoms with E-state index in [-0.39, 0.29) is 16.9 Å². The molecule has 0 bridgehead atoms. The molecule has 0 aliphatic carbocycles. The lowest BCUT2D eigenvalue weighted by atomic mass is 9.94. The molecule has 1 aliphatic rings. The van der Waals surface area contributed by atoms with Crippen LogP contribution in [-0.2, 0) is 16.0 Å². The first kappa shape index (κ1) is 21.4. The summed E-state index contributed by atoms with van der Waals surface area (Å²) in [6, 6.07) is 12.2. The summed E-state index contributed by atoms with van der Waals surface area (Å²) in [6.07, 6.45) is 1.57. The van der Waals surface area contributed by atoms with Crippen LogP contribution in [0, 0.1) is 0 Å². The van der Waals surface area contributed by atoms with Gasteiger partial charge >= 0.3 is 0 Å². The monoisotopic (exact) mass is 409 g/mol. The van der Waals surface area contributed by atoms with Crippen LogP contribution in [0.1, 0.15) is 43.0 Å². The molecule has 0 radical (unpaired) electrons. The fourth-order valence-electron chi connectivity index (χ4n) is 3.85. The van der Waals surface area contributed by atoms with Gasteiger partial charge < -0.3 is 19.5 Å². The van der Waals surface area contributed by atoms with E-state index in [0.29, 0.717) is 24.5 Å². The number of benzene rings is 2. The number of carbonyl (C=O) groups excluding carboxylic acids is 2. The van der Waals surface area contributed by atoms with Crippen molar-refractivity contribution in [2.45, 2.75) is 32.7 Å². The molecule has 6 nitrogen and oxygen atoms in total. The second kappa shape index (κ2) is 9.03. The van der Waals surface area contributed by atoms with Gasteiger partial charge in [0.15, 0.2) is 0 Å². The van der Waals surface area contributed by atoms with Gasteiger partial charge in [0.2, 0.25) is 0 Å². The first-order valence-electron chi connectivity index (χ1n) is 10.1. The average molecular weight is 409 g/mol. The van der Waals surface area contributed by atoms with Gasteiger partial charge in [-0.2, -0.15) is 0 Å². The normalized spacial score (nSPS) is 18.0. The first-order valence-corrected chi connectivity index (χ1v) is 10.1. The predicted molar refractivity (Wildman–Crippen MR) is 115 cm³/mol. The topological polar surface area (TPSA) is 76.1 Å². The Morgan fingerprint density at radius 1 is 1.00 bits per heavy atom. The minimum absolute atomic E-state index is 0.0421. The molecule has 0 saturated carbocycles. The number of hydrogen-bond acceptors (Lipinski definition) is 5. The molecule has 1 atom stereocenters. The Balaban J connectivity index is 2.26. The van der Waals surface area contributed by atoms with E-state index < -0.39 is 17.7 Å². The zero-order valence-corrected chi connectivity index (χ0v) is 17.8. The highest BCUT2D eigenvalue weighted by Crippen LogP contribution is 2.43. The maximum atomic E-state index is 13.0. The van der Waals surface area contributed by atoms with Gasteiger partial charge in [-0.3, -0.25) is 9.59 Å². The number of rotatable bonds is 7. The third-order valence-electron chi connectivity index (χ3n) is 5.37. The Kier molecular flexibility index (Phi) is 6.45. The zero-order valence-electron chi connectivity index (χ0n) is 17.8. The zero-order chi connectivity index (χ0) is 21.8. The number of amides is 1. The molecular weight excluding hydrogens is 382 g/mol. The number of likely N-dealkylation sites (tertiary alicyclic amines) is 1. The summed E-state index contributed by atoms with van der Waals surface area (Å²) in [5, 5.41) is 11.3. The molecule has 158 valence electrons. The smallest absolute Gasteiger partial charge is 0.295 e. The highest BCUT2D eigenvalue weighted by atomic mass is 16.5. The summed E-state index contributed by atoms with van der Waals surface area (Å²) in [5.74, 6) is -0.914. The lowest BCUT2D eigenvalue weighted by molar-refractivity contribution is -0.139. The molecule has 2 aromatic rings. The van der Waals surface area contributed by atoms with Gasteiger partial charge in [0.25, 0.3) is 11.7 Å². The fraction of sp³-hybridized carbons (Fsp3) is 0.333. The number of Topliss-reactive ketones (excluding diaryl/α,β-unsaturated/α-hetero) is 1. The Bertz CT molecular complexity index is 955. The molecule has 3 rings (SSSR count). The standard InChI is InChI=1S/C24H27NO5/c1-5-14-25-21(16-12-10-15(6-2)11-13-16)20(23(27)24(25)28)22(26)19-17(29-3)8-7-9-18(19)30-4/h7-13,21,26H,5-6,14H2,1-4H3/b22-20+. The molecule has 2 aromatic carbocycles. The van der Waals surface area contributed by atoms with Crippen LogP contribution in [0.15, 0.2) is 48.0 Å². The van der Waals surface area contributed by atoms with Crippen LogP contribution < -0.4 is 9.47 Å². The molecule has 1 amide bonds. The van der Waals surface area contributed by atoms with E-state index in [2.05, 4.69) is 6.92 Å². The summed E-state index contributed by atoms with van der Waals surface area (Å²) in [7, 11) is 2.95. The van der Waals surface area contributed by atoms with Crippen molar-refractivity contribution in [3.8, 4) is 11.5 Å². The molecule has 1 saturated heterocycles. The van der Waals surface area contributed by atoms with E-state index >= 15 is 0 Å². The molecule has 1 heterocycles. The van der Waals surface area contributed by atoms with Gasteiger partial charge in [0, 0.05) is 6.54 Å². The highest BCUT2D eigenvalue weighted by molar-refractivity contribution is 6.46. The third kappa shape index (κ3) is 3.65. The second-order valence-electron chi connectivity index (χ2n) is 7.13. The molecule has 1 unspecified atom stereocenters. The number of ketones is 1. The van der Waals surface area contributed by atoms with Crippen molar-refractivity contribution < 1.29 is 24.2 Å². The fourth-order valence-corrected chi connectivity index (χ4v) is 3.85. The van der Waals surface area contributed by atoms with E-state index in [1.807, 2.05) is 31.2 Å². The Hall–Kier alpha value is -3.28. The minimum atomic E-state index is -0.710. The van der Waals surface area contributed by atoms with Gasteiger partial charge in [-0.25, -0.2) is 0 Å². The van der Waals surface area contributed by atoms with E-state index in [1.165, 1.54) is 19.1 Å². The lowest BCUT2D eigenvalue weighted by Crippen LogP contribution is -2.30. The summed E-state index contributed by atoms with van der Waals surface area (Å²) >= 11 is 0. The number of aryl methyl sites for hydroxylation is 1. The van der Waals surface area contributed by atoms with Crippen LogP contribution in [0.3, 0.4) is 0 Å². The molecule has 0 aromatic heterocycles. The second-order valence-corrected chi connectivity index (χ2v) is 7.13. The van der Waals surface area contributed by atoms with Crippen LogP contribution in [0.2, 0.25) is 0 Å². The van der Waals surface area contributed by atoms with Gasteiger partial charge in [-0.15, -0.1) is 0 Å². The number of nitrogens with zero attached hydrogens (tertiary/aromatic N) is 1. The van der Waals surface area contributed by atoms with E-state index in [9.17, 15) is 14.7 Å². The van der Waals surface area contributed by atoms with Crippen LogP contribution >= 0.6 is 0 Å². The molecule has 6 heteroatoms. The van der Waals surface area contributed by atoms with Crippen LogP contribution in [0.25, 0.3) is 5.76 Å². The number of aliphatic hydroxyl groups is 1. The highest BCUT2D eigenvalue weighted by Gasteiger charge is 2.46. The van der Waals surface area contributed by atoms with Gasteiger partial charge in [0.05, 0.1) is 25.8 Å². The Morgan fingerprint density at radius 2 is 1.60 bits per heavy atom. The maximum Gasteiger partial charge on any atom is 0.295 e. The summed E-state index contributed by atoms with van der Waals surface area (Å²) in [6.45, 7) is 4.41. The lowest BCUT2D eigenvalue weighted by Gasteiger charge is -2.25. The molecule has 30 heavy (non-hydrogen) atoms. The number of methoxy groups -OCH3 is 2. The quantitative estimate of drug-likeness (QED) is 0.423. The number of hydrogen-bond donors (Lipinski definition) is 1. The van der Waals surface area contributed by atoms with Crippen LogP contribution in [0.4, 0.5) is 0 Å². The van der Waals surface area contributed by atoms with Crippen molar-refractivity contribution in [1.82, 2.24) is 4.90 Å². The number of aliphatic hydroxyl groups excluding tert-OH is 1. The first-order chi connectivity index (χ1) is 14.5. The van der Waals surface area contributed by atoms with Gasteiger partial charge in [0.1, 0.15) is 22.8 Å². The maximum absolute atomic E-state index is 13.0. The molecule has 1 N–H and O–H groups in total. The SMILES string of the molecule is CCCN1C(=O)C(=O)/C(=C(/O)c2c(OC)cccc2OC)C1c1ccc(CC)cc1. The van der Waals surface area contributed by atoms with Crippen molar-refractivity contribution >= 4 is 17.4 Å². The van der Waals surface area contributed by atoms with E-state index in [4.69, 9.17) is 9.47 Å². The Labute approximate surface area is 176 Å². The summed E-state index contributed by atoms with van der Waals surface area (Å²) in [5.41, 5.74) is 2.22. The summed E-state index contributed by atoms with van der Waals surface area (Å²) in [4.78, 5) is 27.4. The van der Waals surface area contributed by atoms with Crippen LogP contribution in [-0.4, -0.2) is 42.5 Å². The van der Waals surface area contributed by atoms with Crippen molar-refractivity contribution in [3.63, 3.8) is 0 Å². The van der Waals surface area contributed by atoms with E-state index in [1.54, 1.807) is 18.2 Å². The van der Waals surface area contributed by atoms with E-state index in [0.717, 1.165) is 17.5 Å². The average Bonchev–Trinajstić information content (AvgIpc) is 3.03. The Morgan fingerprint density at radius 3 is 2.10 bits per heavy atom. The minimum Gasteiger partial charge on any atom is -0.506 e. The summed E-state index contributed by atoms with van der Waals surface area (Å²) < 4.78 is 10.8. The molecule has 1 fully saturated rings. The molecular formula is C24H27NO5.